The lowest BCUT2D eigenvalue weighted by molar-refractivity contribution is 0.0953. The van der Waals surface area contributed by atoms with E-state index in [0.29, 0.717) is 28.4 Å². The summed E-state index contributed by atoms with van der Waals surface area (Å²) in [4.78, 5) is 28.4. The smallest absolute Gasteiger partial charge is 0.257 e. The summed E-state index contributed by atoms with van der Waals surface area (Å²) in [6.07, 6.45) is 4.79. The first-order valence-electron chi connectivity index (χ1n) is 7.82. The van der Waals surface area contributed by atoms with E-state index < -0.39 is 0 Å². The van der Waals surface area contributed by atoms with Crippen LogP contribution in [0.4, 0.5) is 5.69 Å². The minimum atomic E-state index is -0.337. The van der Waals surface area contributed by atoms with Crippen molar-refractivity contribution in [2.75, 3.05) is 11.9 Å². The summed E-state index contributed by atoms with van der Waals surface area (Å²) in [5.41, 5.74) is 2.21. The van der Waals surface area contributed by atoms with Crippen molar-refractivity contribution in [2.45, 2.75) is 26.7 Å². The number of nitrogens with zero attached hydrogens (tertiary/aromatic N) is 1. The third kappa shape index (κ3) is 4.80. The van der Waals surface area contributed by atoms with Crippen LogP contribution in [0.3, 0.4) is 0 Å². The summed E-state index contributed by atoms with van der Waals surface area (Å²) in [7, 11) is 0. The zero-order chi connectivity index (χ0) is 17.5. The Hall–Kier alpha value is -2.40. The highest BCUT2D eigenvalue weighted by molar-refractivity contribution is 6.31. The molecule has 6 heteroatoms. The summed E-state index contributed by atoms with van der Waals surface area (Å²) in [5, 5.41) is 6.13. The molecule has 5 nitrogen and oxygen atoms in total. The Labute approximate surface area is 146 Å². The van der Waals surface area contributed by atoms with Crippen LogP contribution in [-0.2, 0) is 0 Å². The Morgan fingerprint density at radius 2 is 1.83 bits per heavy atom. The molecule has 0 aliphatic rings. The fraction of sp³-hybridized carbons (Fsp3) is 0.278. The second-order valence-corrected chi connectivity index (χ2v) is 5.92. The Morgan fingerprint density at radius 1 is 1.12 bits per heavy atom. The van der Waals surface area contributed by atoms with E-state index >= 15 is 0 Å². The van der Waals surface area contributed by atoms with Gasteiger partial charge in [-0.25, -0.2) is 0 Å². The van der Waals surface area contributed by atoms with Crippen molar-refractivity contribution < 1.29 is 9.59 Å². The number of aryl methyl sites for hydroxylation is 1. The largest absolute Gasteiger partial charge is 0.352 e. The number of carbonyl (C=O) groups excluding carboxylic acids is 2. The predicted molar refractivity (Wildman–Crippen MR) is 95.6 cm³/mol. The molecule has 126 valence electrons. The Bertz CT molecular complexity index is 747. The van der Waals surface area contributed by atoms with Gasteiger partial charge in [-0.05, 0) is 37.1 Å². The van der Waals surface area contributed by atoms with Gasteiger partial charge in [-0.15, -0.1) is 0 Å². The second kappa shape index (κ2) is 8.45. The van der Waals surface area contributed by atoms with Gasteiger partial charge < -0.3 is 10.6 Å². The van der Waals surface area contributed by atoms with Crippen molar-refractivity contribution in [3.8, 4) is 0 Å². The normalized spacial score (nSPS) is 10.3. The number of amides is 2. The van der Waals surface area contributed by atoms with Gasteiger partial charge in [0.1, 0.15) is 0 Å². The van der Waals surface area contributed by atoms with Crippen LogP contribution >= 0.6 is 11.6 Å². The number of pyridine rings is 1. The lowest BCUT2D eigenvalue weighted by Crippen LogP contribution is -2.25. The van der Waals surface area contributed by atoms with Crippen LogP contribution in [0.25, 0.3) is 0 Å². The number of rotatable bonds is 6. The number of hydrogen-bond acceptors (Lipinski definition) is 3. The molecule has 2 rings (SSSR count). The number of nitrogens with one attached hydrogen (secondary N) is 2. The number of hydrogen-bond donors (Lipinski definition) is 2. The maximum atomic E-state index is 12.4. The number of halogens is 1. The molecule has 24 heavy (non-hydrogen) atoms. The average Bonchev–Trinajstić information content (AvgIpc) is 2.58. The standard InChI is InChI=1S/C18H20ClN3O2/c1-3-4-7-21-17(23)13-8-14(11-20-10-13)18(24)22-16-9-15(19)6-5-12(16)2/h5-6,8-11H,3-4,7H2,1-2H3,(H,21,23)(H,22,24). The molecule has 0 saturated heterocycles. The van der Waals surface area contributed by atoms with Crippen LogP contribution < -0.4 is 10.6 Å². The number of anilines is 1. The molecule has 0 unspecified atom stereocenters. The molecule has 1 aromatic carbocycles. The Morgan fingerprint density at radius 3 is 2.54 bits per heavy atom. The highest BCUT2D eigenvalue weighted by Gasteiger charge is 2.12. The van der Waals surface area contributed by atoms with Gasteiger partial charge in [-0.2, -0.15) is 0 Å². The second-order valence-electron chi connectivity index (χ2n) is 5.49. The highest BCUT2D eigenvalue weighted by atomic mass is 35.5. The third-order valence-electron chi connectivity index (χ3n) is 3.53. The average molecular weight is 346 g/mol. The van der Waals surface area contributed by atoms with Crippen LogP contribution in [-0.4, -0.2) is 23.3 Å². The number of benzene rings is 1. The number of aromatic nitrogens is 1. The first kappa shape index (κ1) is 17.9. The Balaban J connectivity index is 2.11. The van der Waals surface area contributed by atoms with E-state index in [9.17, 15) is 9.59 Å². The first-order chi connectivity index (χ1) is 11.5. The lowest BCUT2D eigenvalue weighted by atomic mass is 10.1. The van der Waals surface area contributed by atoms with Crippen molar-refractivity contribution >= 4 is 29.1 Å². The fourth-order valence-corrected chi connectivity index (χ4v) is 2.26. The van der Waals surface area contributed by atoms with Crippen molar-refractivity contribution in [3.05, 3.63) is 58.4 Å². The lowest BCUT2D eigenvalue weighted by Gasteiger charge is -2.09. The maximum Gasteiger partial charge on any atom is 0.257 e. The minimum absolute atomic E-state index is 0.232. The Kier molecular flexibility index (Phi) is 6.32. The van der Waals surface area contributed by atoms with Gasteiger partial charge in [0.05, 0.1) is 11.1 Å². The summed E-state index contributed by atoms with van der Waals surface area (Å²) in [6, 6.07) is 6.80. The van der Waals surface area contributed by atoms with E-state index in [1.807, 2.05) is 13.0 Å². The van der Waals surface area contributed by atoms with Crippen LogP contribution in [0.15, 0.2) is 36.7 Å². The molecule has 1 heterocycles. The quantitative estimate of drug-likeness (QED) is 0.782. The van der Waals surface area contributed by atoms with Gasteiger partial charge in [-0.1, -0.05) is 31.0 Å². The third-order valence-corrected chi connectivity index (χ3v) is 3.76. The molecule has 0 atom stereocenters. The van der Waals surface area contributed by atoms with E-state index in [1.54, 1.807) is 12.1 Å². The molecule has 0 aliphatic carbocycles. The fourth-order valence-electron chi connectivity index (χ4n) is 2.09. The van der Waals surface area contributed by atoms with Gasteiger partial charge in [0, 0.05) is 29.6 Å². The van der Waals surface area contributed by atoms with E-state index in [0.717, 1.165) is 18.4 Å². The highest BCUT2D eigenvalue weighted by Crippen LogP contribution is 2.20. The molecule has 0 bridgehead atoms. The SMILES string of the molecule is CCCCNC(=O)c1cncc(C(=O)Nc2cc(Cl)ccc2C)c1. The summed E-state index contributed by atoms with van der Waals surface area (Å²) >= 11 is 5.96. The number of carbonyl (C=O) groups is 2. The zero-order valence-electron chi connectivity index (χ0n) is 13.7. The molecular weight excluding hydrogens is 326 g/mol. The van der Waals surface area contributed by atoms with Crippen molar-refractivity contribution in [2.24, 2.45) is 0 Å². The van der Waals surface area contributed by atoms with E-state index in [4.69, 9.17) is 11.6 Å². The topological polar surface area (TPSA) is 71.1 Å². The van der Waals surface area contributed by atoms with Gasteiger partial charge in [-0.3, -0.25) is 14.6 Å². The number of unbranched alkanes of at least 4 members (excludes halogenated alkanes) is 1. The van der Waals surface area contributed by atoms with Crippen molar-refractivity contribution in [1.82, 2.24) is 10.3 Å². The molecule has 0 spiro atoms. The molecule has 2 aromatic rings. The maximum absolute atomic E-state index is 12.4. The van der Waals surface area contributed by atoms with Gasteiger partial charge in [0.25, 0.3) is 11.8 Å². The van der Waals surface area contributed by atoms with Crippen molar-refractivity contribution in [1.29, 1.82) is 0 Å². The summed E-state index contributed by atoms with van der Waals surface area (Å²) in [6.45, 7) is 4.53. The van der Waals surface area contributed by atoms with Crippen LogP contribution in [0.2, 0.25) is 5.02 Å². The van der Waals surface area contributed by atoms with E-state index in [-0.39, 0.29) is 11.8 Å². The first-order valence-corrected chi connectivity index (χ1v) is 8.19. The van der Waals surface area contributed by atoms with Crippen LogP contribution in [0, 0.1) is 6.92 Å². The minimum Gasteiger partial charge on any atom is -0.352 e. The van der Waals surface area contributed by atoms with Gasteiger partial charge in [0.2, 0.25) is 0 Å². The molecule has 0 aliphatic heterocycles. The molecule has 2 amide bonds. The van der Waals surface area contributed by atoms with Crippen molar-refractivity contribution in [3.63, 3.8) is 0 Å². The predicted octanol–water partition coefficient (Wildman–Crippen LogP) is 3.83. The molecule has 0 saturated carbocycles. The molecule has 2 N–H and O–H groups in total. The monoisotopic (exact) mass is 345 g/mol. The summed E-state index contributed by atoms with van der Waals surface area (Å²) < 4.78 is 0. The molecular formula is C18H20ClN3O2. The van der Waals surface area contributed by atoms with Gasteiger partial charge in [0.15, 0.2) is 0 Å². The van der Waals surface area contributed by atoms with E-state index in [1.165, 1.54) is 18.5 Å². The zero-order valence-corrected chi connectivity index (χ0v) is 14.5. The van der Waals surface area contributed by atoms with Gasteiger partial charge >= 0.3 is 0 Å². The van der Waals surface area contributed by atoms with Crippen LogP contribution in [0.5, 0.6) is 0 Å². The molecule has 1 aromatic heterocycles. The molecule has 0 radical (unpaired) electrons. The summed E-state index contributed by atoms with van der Waals surface area (Å²) in [5.74, 6) is -0.569. The van der Waals surface area contributed by atoms with Crippen LogP contribution in [0.1, 0.15) is 46.0 Å². The molecule has 0 fully saturated rings. The van der Waals surface area contributed by atoms with E-state index in [2.05, 4.69) is 22.5 Å².